The number of hydrogen-bond acceptors (Lipinski definition) is 8. The summed E-state index contributed by atoms with van der Waals surface area (Å²) in [5, 5.41) is 14.0. The molecule has 2 aromatic rings. The zero-order chi connectivity index (χ0) is 19.9. The first-order valence-corrected chi connectivity index (χ1v) is 10.2. The van der Waals surface area contributed by atoms with Gasteiger partial charge in [0.1, 0.15) is 5.56 Å². The maximum atomic E-state index is 12.4. The highest BCUT2D eigenvalue weighted by Crippen LogP contribution is 2.24. The Labute approximate surface area is 167 Å². The smallest absolute Gasteiger partial charge is 0.282 e. The number of anilines is 1. The lowest BCUT2D eigenvalue weighted by Gasteiger charge is -2.34. The van der Waals surface area contributed by atoms with Crippen LogP contribution in [0.15, 0.2) is 41.6 Å². The molecule has 9 nitrogen and oxygen atoms in total. The van der Waals surface area contributed by atoms with Crippen molar-refractivity contribution in [2.45, 2.75) is 4.90 Å². The van der Waals surface area contributed by atoms with Crippen LogP contribution in [0.1, 0.15) is 10.4 Å². The Morgan fingerprint density at radius 3 is 2.61 bits per heavy atom. The van der Waals surface area contributed by atoms with Gasteiger partial charge in [-0.3, -0.25) is 19.8 Å². The molecule has 0 saturated carbocycles. The molecule has 0 atom stereocenters. The van der Waals surface area contributed by atoms with Crippen molar-refractivity contribution in [1.82, 2.24) is 20.2 Å². The molecule has 10 heteroatoms. The first-order valence-electron chi connectivity index (χ1n) is 8.93. The van der Waals surface area contributed by atoms with E-state index in [9.17, 15) is 14.9 Å². The predicted octanol–water partition coefficient (Wildman–Crippen LogP) is 1.66. The molecule has 148 valence electrons. The quantitative estimate of drug-likeness (QED) is 0.424. The topological polar surface area (TPSA) is 104 Å². The Bertz CT molecular complexity index is 827. The average Bonchev–Trinajstić information content (AvgIpc) is 2.74. The largest absolute Gasteiger partial charge is 0.351 e. The Balaban J connectivity index is 1.49. The van der Waals surface area contributed by atoms with Crippen molar-refractivity contribution in [3.05, 3.63) is 52.3 Å². The van der Waals surface area contributed by atoms with Gasteiger partial charge in [-0.2, -0.15) is 0 Å². The Morgan fingerprint density at radius 1 is 1.25 bits per heavy atom. The first-order chi connectivity index (χ1) is 13.6. The van der Waals surface area contributed by atoms with Crippen molar-refractivity contribution >= 4 is 29.3 Å². The van der Waals surface area contributed by atoms with Crippen molar-refractivity contribution in [1.29, 1.82) is 0 Å². The fourth-order valence-corrected chi connectivity index (χ4v) is 3.47. The number of amides is 1. The molecule has 0 spiro atoms. The fourth-order valence-electron chi connectivity index (χ4n) is 3.03. The molecular formula is C18H22N6O3S. The van der Waals surface area contributed by atoms with Gasteiger partial charge in [0.2, 0.25) is 5.95 Å². The molecule has 28 heavy (non-hydrogen) atoms. The van der Waals surface area contributed by atoms with Crippen LogP contribution in [0.2, 0.25) is 0 Å². The number of thioether (sulfide) groups is 1. The van der Waals surface area contributed by atoms with Crippen molar-refractivity contribution in [3.8, 4) is 0 Å². The van der Waals surface area contributed by atoms with E-state index >= 15 is 0 Å². The Hall–Kier alpha value is -2.72. The molecule has 0 aliphatic carbocycles. The summed E-state index contributed by atoms with van der Waals surface area (Å²) in [5.41, 5.74) is -0.0744. The van der Waals surface area contributed by atoms with Crippen LogP contribution >= 0.6 is 11.8 Å². The van der Waals surface area contributed by atoms with Crippen molar-refractivity contribution in [2.75, 3.05) is 50.4 Å². The summed E-state index contributed by atoms with van der Waals surface area (Å²) in [7, 11) is 0. The molecular weight excluding hydrogens is 380 g/mol. The van der Waals surface area contributed by atoms with Crippen LogP contribution in [0.3, 0.4) is 0 Å². The first kappa shape index (κ1) is 20.0. The molecule has 1 aliphatic heterocycles. The van der Waals surface area contributed by atoms with Gasteiger partial charge >= 0.3 is 0 Å². The molecule has 1 N–H and O–H groups in total. The summed E-state index contributed by atoms with van der Waals surface area (Å²) < 4.78 is 0. The van der Waals surface area contributed by atoms with Gasteiger partial charge in [0.05, 0.1) is 4.92 Å². The molecule has 1 saturated heterocycles. The number of aromatic nitrogens is 2. The van der Waals surface area contributed by atoms with Crippen LogP contribution < -0.4 is 10.2 Å². The average molecular weight is 402 g/mol. The second-order valence-corrected chi connectivity index (χ2v) is 7.15. The van der Waals surface area contributed by atoms with E-state index in [2.05, 4.69) is 25.1 Å². The van der Waals surface area contributed by atoms with Gasteiger partial charge in [-0.05, 0) is 24.5 Å². The summed E-state index contributed by atoms with van der Waals surface area (Å²) in [4.78, 5) is 36.8. The van der Waals surface area contributed by atoms with E-state index in [1.165, 1.54) is 17.8 Å². The maximum absolute atomic E-state index is 12.4. The number of nitrogens with zero attached hydrogens (tertiary/aromatic N) is 5. The van der Waals surface area contributed by atoms with Crippen LogP contribution in [-0.4, -0.2) is 71.2 Å². The lowest BCUT2D eigenvalue weighted by molar-refractivity contribution is -0.385. The van der Waals surface area contributed by atoms with Gasteiger partial charge in [-0.15, -0.1) is 11.8 Å². The van der Waals surface area contributed by atoms with E-state index in [-0.39, 0.29) is 11.3 Å². The molecule has 1 aliphatic rings. The minimum absolute atomic E-state index is 0.0999. The zero-order valence-corrected chi connectivity index (χ0v) is 16.4. The van der Waals surface area contributed by atoms with E-state index in [4.69, 9.17) is 0 Å². The van der Waals surface area contributed by atoms with Crippen molar-refractivity contribution in [2.24, 2.45) is 0 Å². The van der Waals surface area contributed by atoms with E-state index < -0.39 is 10.8 Å². The van der Waals surface area contributed by atoms with Gasteiger partial charge in [0, 0.05) is 62.6 Å². The number of piperazine rings is 1. The summed E-state index contributed by atoms with van der Waals surface area (Å²) in [6.07, 6.45) is 5.33. The van der Waals surface area contributed by atoms with E-state index in [1.807, 2.05) is 6.26 Å². The molecule has 2 heterocycles. The number of carbonyl (C=O) groups is 1. The fraction of sp³-hybridized carbons (Fsp3) is 0.389. The predicted molar refractivity (Wildman–Crippen MR) is 108 cm³/mol. The lowest BCUT2D eigenvalue weighted by atomic mass is 10.1. The van der Waals surface area contributed by atoms with E-state index in [0.29, 0.717) is 13.1 Å². The summed E-state index contributed by atoms with van der Waals surface area (Å²) in [6, 6.07) is 6.39. The minimum Gasteiger partial charge on any atom is -0.351 e. The monoisotopic (exact) mass is 402 g/mol. The summed E-state index contributed by atoms with van der Waals surface area (Å²) in [6.45, 7) is 4.44. The van der Waals surface area contributed by atoms with E-state index in [0.717, 1.165) is 37.0 Å². The molecule has 1 aromatic heterocycles. The standard InChI is InChI=1S/C18H22N6O3S/c1-28-14-3-4-16(24(26)27)15(13-14)17(25)19-7-8-22-9-11-23(12-10-22)18-20-5-2-6-21-18/h2-6,13H,7-12H2,1H3,(H,19,25). The Morgan fingerprint density at radius 2 is 1.96 bits per heavy atom. The molecule has 1 fully saturated rings. The van der Waals surface area contributed by atoms with E-state index in [1.54, 1.807) is 30.6 Å². The highest BCUT2D eigenvalue weighted by Gasteiger charge is 2.22. The SMILES string of the molecule is CSc1ccc([N+](=O)[O-])c(C(=O)NCCN2CCN(c3ncccn3)CC2)c1. The van der Waals surface area contributed by atoms with Gasteiger partial charge < -0.3 is 10.2 Å². The third kappa shape index (κ3) is 4.96. The van der Waals surface area contributed by atoms with Crippen LogP contribution in [0.5, 0.6) is 0 Å². The lowest BCUT2D eigenvalue weighted by Crippen LogP contribution is -2.49. The van der Waals surface area contributed by atoms with Gasteiger partial charge in [0.15, 0.2) is 0 Å². The second kappa shape index (κ2) is 9.47. The molecule has 0 bridgehead atoms. The number of benzene rings is 1. The third-order valence-corrected chi connectivity index (χ3v) is 5.29. The minimum atomic E-state index is -0.524. The molecule has 1 amide bonds. The summed E-state index contributed by atoms with van der Waals surface area (Å²) in [5.74, 6) is 0.315. The second-order valence-electron chi connectivity index (χ2n) is 6.27. The molecule has 0 radical (unpaired) electrons. The van der Waals surface area contributed by atoms with Gasteiger partial charge in [-0.1, -0.05) is 0 Å². The number of nitro groups is 1. The van der Waals surface area contributed by atoms with Crippen LogP contribution in [0.4, 0.5) is 11.6 Å². The zero-order valence-electron chi connectivity index (χ0n) is 15.6. The highest BCUT2D eigenvalue weighted by atomic mass is 32.2. The van der Waals surface area contributed by atoms with Crippen molar-refractivity contribution in [3.63, 3.8) is 0 Å². The molecule has 1 aromatic carbocycles. The van der Waals surface area contributed by atoms with Crippen LogP contribution in [0, 0.1) is 10.1 Å². The van der Waals surface area contributed by atoms with Crippen LogP contribution in [-0.2, 0) is 0 Å². The third-order valence-electron chi connectivity index (χ3n) is 4.57. The summed E-state index contributed by atoms with van der Waals surface area (Å²) >= 11 is 1.44. The van der Waals surface area contributed by atoms with Crippen molar-refractivity contribution < 1.29 is 9.72 Å². The maximum Gasteiger partial charge on any atom is 0.282 e. The molecule has 0 unspecified atom stereocenters. The van der Waals surface area contributed by atoms with Gasteiger partial charge in [0.25, 0.3) is 11.6 Å². The highest BCUT2D eigenvalue weighted by molar-refractivity contribution is 7.98. The Kier molecular flexibility index (Phi) is 6.77. The van der Waals surface area contributed by atoms with Crippen LogP contribution in [0.25, 0.3) is 0 Å². The number of hydrogen-bond donors (Lipinski definition) is 1. The van der Waals surface area contributed by atoms with Gasteiger partial charge in [-0.25, -0.2) is 9.97 Å². The number of nitro benzene ring substituents is 1. The number of nitrogens with one attached hydrogen (secondary N) is 1. The number of rotatable bonds is 7. The number of carbonyl (C=O) groups excluding carboxylic acids is 1. The normalized spacial score (nSPS) is 14.7. The molecule has 3 rings (SSSR count).